The van der Waals surface area contributed by atoms with Crippen molar-refractivity contribution in [2.45, 2.75) is 135 Å². The highest BCUT2D eigenvalue weighted by molar-refractivity contribution is 7.85. The number of aliphatic hydroxyl groups excluding tert-OH is 1. The maximum absolute atomic E-state index is 12.3. The Bertz CT molecular complexity index is 645. The summed E-state index contributed by atoms with van der Waals surface area (Å²) in [6.45, 7) is 4.38. The highest BCUT2D eigenvalue weighted by Gasteiger charge is 2.24. The molecule has 0 aromatic heterocycles. The van der Waals surface area contributed by atoms with Crippen LogP contribution in [0.3, 0.4) is 0 Å². The van der Waals surface area contributed by atoms with Crippen molar-refractivity contribution < 1.29 is 22.9 Å². The molecule has 0 bridgehead atoms. The molecule has 2 atom stereocenters. The summed E-state index contributed by atoms with van der Waals surface area (Å²) in [7, 11) is -4.32. The van der Waals surface area contributed by atoms with Crippen LogP contribution in [-0.2, 0) is 14.9 Å². The predicted molar refractivity (Wildman–Crippen MR) is 142 cm³/mol. The fraction of sp³-hybridized carbons (Fsp3) is 0.815. The van der Waals surface area contributed by atoms with Gasteiger partial charge in [0.2, 0.25) is 5.91 Å². The van der Waals surface area contributed by atoms with Gasteiger partial charge >= 0.3 is 0 Å². The van der Waals surface area contributed by atoms with Crippen molar-refractivity contribution in [3.63, 3.8) is 0 Å². The second-order valence-electron chi connectivity index (χ2n) is 9.32. The summed E-state index contributed by atoms with van der Waals surface area (Å²) in [5.41, 5.74) is 0. The molecular formula is C27H51NO5S. The second kappa shape index (κ2) is 22.3. The molecule has 0 heterocycles. The van der Waals surface area contributed by atoms with E-state index in [0.29, 0.717) is 0 Å². The molecule has 0 rings (SSSR count). The van der Waals surface area contributed by atoms with Crippen LogP contribution in [0, 0.1) is 0 Å². The molecule has 0 saturated heterocycles. The Hall–Kier alpha value is -1.18. The molecule has 200 valence electrons. The van der Waals surface area contributed by atoms with Gasteiger partial charge in [0.25, 0.3) is 10.1 Å². The summed E-state index contributed by atoms with van der Waals surface area (Å²) in [5.74, 6) is -0.997. The standard InChI is InChI=1S/C27H51NO5S/c1-3-5-7-9-11-13-14-15-17-19-21-23-27(30)28-25(24-34(31,32)33)26(29)22-20-18-16-12-10-8-6-4-2/h9,11,20,22,25-26,29H,3-8,10,12-19,21,23-24H2,1-2H3,(H,28,30)(H,31,32,33)/b11-9-,22-20+. The number of unbranched alkanes of at least 4 members (excludes halogenated alkanes) is 13. The van der Waals surface area contributed by atoms with Crippen LogP contribution in [0.2, 0.25) is 0 Å². The molecular weight excluding hydrogens is 450 g/mol. The molecule has 7 heteroatoms. The third-order valence-electron chi connectivity index (χ3n) is 5.87. The zero-order valence-electron chi connectivity index (χ0n) is 21.7. The zero-order valence-corrected chi connectivity index (χ0v) is 22.5. The van der Waals surface area contributed by atoms with Crippen molar-refractivity contribution in [2.75, 3.05) is 5.75 Å². The Labute approximate surface area is 209 Å². The van der Waals surface area contributed by atoms with Crippen LogP contribution in [-0.4, -0.2) is 41.9 Å². The lowest BCUT2D eigenvalue weighted by Crippen LogP contribution is -2.46. The Morgan fingerprint density at radius 3 is 1.85 bits per heavy atom. The topological polar surface area (TPSA) is 104 Å². The smallest absolute Gasteiger partial charge is 0.267 e. The Balaban J connectivity index is 4.19. The molecule has 6 nitrogen and oxygen atoms in total. The highest BCUT2D eigenvalue weighted by Crippen LogP contribution is 2.10. The van der Waals surface area contributed by atoms with E-state index in [1.807, 2.05) is 6.08 Å². The minimum absolute atomic E-state index is 0.285. The average molecular weight is 502 g/mol. The van der Waals surface area contributed by atoms with Crippen molar-refractivity contribution in [3.05, 3.63) is 24.3 Å². The minimum Gasteiger partial charge on any atom is -0.387 e. The first kappa shape index (κ1) is 32.8. The summed E-state index contributed by atoms with van der Waals surface area (Å²) >= 11 is 0. The molecule has 3 N–H and O–H groups in total. The summed E-state index contributed by atoms with van der Waals surface area (Å²) in [6.07, 6.45) is 24.6. The molecule has 2 unspecified atom stereocenters. The Morgan fingerprint density at radius 1 is 0.765 bits per heavy atom. The van der Waals surface area contributed by atoms with Crippen LogP contribution in [0.15, 0.2) is 24.3 Å². The maximum atomic E-state index is 12.3. The van der Waals surface area contributed by atoms with E-state index in [4.69, 9.17) is 0 Å². The first-order chi connectivity index (χ1) is 16.3. The van der Waals surface area contributed by atoms with Crippen LogP contribution in [0.4, 0.5) is 0 Å². The normalized spacial score (nSPS) is 14.1. The summed E-state index contributed by atoms with van der Waals surface area (Å²) in [5, 5.41) is 13.0. The van der Waals surface area contributed by atoms with Gasteiger partial charge in [-0.25, -0.2) is 0 Å². The lowest BCUT2D eigenvalue weighted by Gasteiger charge is -2.21. The summed E-state index contributed by atoms with van der Waals surface area (Å²) in [4.78, 5) is 12.3. The fourth-order valence-electron chi connectivity index (χ4n) is 3.78. The first-order valence-electron chi connectivity index (χ1n) is 13.5. The molecule has 0 aromatic rings. The number of aliphatic hydroxyl groups is 1. The molecule has 0 aliphatic rings. The van der Waals surface area contributed by atoms with Gasteiger partial charge < -0.3 is 10.4 Å². The predicted octanol–water partition coefficient (Wildman–Crippen LogP) is 6.50. The molecule has 0 fully saturated rings. The molecule has 0 aromatic carbocycles. The van der Waals surface area contributed by atoms with Gasteiger partial charge in [0.05, 0.1) is 17.9 Å². The number of amides is 1. The molecule has 0 aliphatic heterocycles. The van der Waals surface area contributed by atoms with Crippen molar-refractivity contribution >= 4 is 16.0 Å². The minimum atomic E-state index is -4.32. The molecule has 0 aliphatic carbocycles. The molecule has 0 radical (unpaired) electrons. The monoisotopic (exact) mass is 501 g/mol. The number of carbonyl (C=O) groups excluding carboxylic acids is 1. The number of allylic oxidation sites excluding steroid dienone is 3. The van der Waals surface area contributed by atoms with Crippen molar-refractivity contribution in [1.29, 1.82) is 0 Å². The van der Waals surface area contributed by atoms with Crippen molar-refractivity contribution in [1.82, 2.24) is 5.32 Å². The van der Waals surface area contributed by atoms with E-state index < -0.39 is 28.0 Å². The number of hydrogen-bond donors (Lipinski definition) is 3. The van der Waals surface area contributed by atoms with Crippen LogP contribution in [0.1, 0.15) is 123 Å². The maximum Gasteiger partial charge on any atom is 0.267 e. The molecule has 0 spiro atoms. The van der Waals surface area contributed by atoms with E-state index in [1.54, 1.807) is 0 Å². The van der Waals surface area contributed by atoms with E-state index in [1.165, 1.54) is 44.6 Å². The van der Waals surface area contributed by atoms with Gasteiger partial charge in [-0.05, 0) is 38.5 Å². The van der Waals surface area contributed by atoms with E-state index in [0.717, 1.165) is 64.2 Å². The Morgan fingerprint density at radius 2 is 1.26 bits per heavy atom. The van der Waals surface area contributed by atoms with Gasteiger partial charge in [0.1, 0.15) is 0 Å². The average Bonchev–Trinajstić information content (AvgIpc) is 2.77. The van der Waals surface area contributed by atoms with Crippen LogP contribution in [0.5, 0.6) is 0 Å². The van der Waals surface area contributed by atoms with Gasteiger partial charge in [-0.2, -0.15) is 8.42 Å². The highest BCUT2D eigenvalue weighted by atomic mass is 32.2. The molecule has 0 saturated carbocycles. The second-order valence-corrected chi connectivity index (χ2v) is 10.8. The van der Waals surface area contributed by atoms with Gasteiger partial charge in [0, 0.05) is 6.42 Å². The fourth-order valence-corrected chi connectivity index (χ4v) is 4.51. The number of rotatable bonds is 23. The van der Waals surface area contributed by atoms with Crippen LogP contribution >= 0.6 is 0 Å². The van der Waals surface area contributed by atoms with Gasteiger partial charge in [0.15, 0.2) is 0 Å². The van der Waals surface area contributed by atoms with E-state index >= 15 is 0 Å². The largest absolute Gasteiger partial charge is 0.387 e. The van der Waals surface area contributed by atoms with Gasteiger partial charge in [-0.1, -0.05) is 102 Å². The summed E-state index contributed by atoms with van der Waals surface area (Å²) < 4.78 is 31.9. The quantitative estimate of drug-likeness (QED) is 0.0842. The van der Waals surface area contributed by atoms with E-state index in [9.17, 15) is 22.9 Å². The van der Waals surface area contributed by atoms with Gasteiger partial charge in [-0.3, -0.25) is 9.35 Å². The first-order valence-corrected chi connectivity index (χ1v) is 15.1. The van der Waals surface area contributed by atoms with E-state index in [-0.39, 0.29) is 12.3 Å². The number of hydrogen-bond acceptors (Lipinski definition) is 4. The lowest BCUT2D eigenvalue weighted by molar-refractivity contribution is -0.122. The Kier molecular flexibility index (Phi) is 21.5. The number of carbonyl (C=O) groups is 1. The summed E-state index contributed by atoms with van der Waals surface area (Å²) in [6, 6.07) is -1.05. The van der Waals surface area contributed by atoms with Crippen LogP contribution in [0.25, 0.3) is 0 Å². The SMILES string of the molecule is CCCC/C=C\CCCCCCCC(=O)NC(CS(=O)(=O)O)C(O)/C=C/CCCCCCCC. The zero-order chi connectivity index (χ0) is 25.5. The lowest BCUT2D eigenvalue weighted by atomic mass is 10.1. The van der Waals surface area contributed by atoms with E-state index in [2.05, 4.69) is 31.3 Å². The molecule has 1 amide bonds. The van der Waals surface area contributed by atoms with Crippen LogP contribution < -0.4 is 5.32 Å². The van der Waals surface area contributed by atoms with Crippen molar-refractivity contribution in [2.24, 2.45) is 0 Å². The van der Waals surface area contributed by atoms with Gasteiger partial charge in [-0.15, -0.1) is 0 Å². The third kappa shape index (κ3) is 22.6. The molecule has 34 heavy (non-hydrogen) atoms. The number of nitrogens with one attached hydrogen (secondary N) is 1. The third-order valence-corrected chi connectivity index (χ3v) is 6.65. The van der Waals surface area contributed by atoms with Crippen molar-refractivity contribution in [3.8, 4) is 0 Å².